The van der Waals surface area contributed by atoms with E-state index in [2.05, 4.69) is 39.2 Å². The molecule has 0 aliphatic rings. The summed E-state index contributed by atoms with van der Waals surface area (Å²) in [5, 5.41) is 4.99. The maximum atomic E-state index is 5.49. The van der Waals surface area contributed by atoms with Crippen LogP contribution in [0.3, 0.4) is 0 Å². The zero-order chi connectivity index (χ0) is 13.3. The molecule has 0 unspecified atom stereocenters. The minimum atomic E-state index is 0.435. The molecule has 7 nitrogen and oxygen atoms in total. The molecule has 0 saturated heterocycles. The number of hydrazine groups is 1. The fourth-order valence-electron chi connectivity index (χ4n) is 1.65. The highest BCUT2D eigenvalue weighted by Gasteiger charge is 2.13. The number of rotatable bonds is 4. The second-order valence-electron chi connectivity index (χ2n) is 4.65. The van der Waals surface area contributed by atoms with Crippen LogP contribution in [0.4, 0.5) is 5.82 Å². The highest BCUT2D eigenvalue weighted by molar-refractivity contribution is 5.86. The van der Waals surface area contributed by atoms with Gasteiger partial charge in [-0.15, -0.1) is 0 Å². The number of aromatic nitrogens is 4. The first-order chi connectivity index (χ1) is 8.52. The predicted octanol–water partition coefficient (Wildman–Crippen LogP) is 0.489. The quantitative estimate of drug-likeness (QED) is 0.606. The highest BCUT2D eigenvalue weighted by atomic mass is 15.3. The third-order valence-electron chi connectivity index (χ3n) is 3.05. The number of nitrogens with two attached hydrogens (primary N) is 1. The van der Waals surface area contributed by atoms with Gasteiger partial charge in [0, 0.05) is 13.1 Å². The molecule has 0 aliphatic carbocycles. The molecule has 0 spiro atoms. The summed E-state index contributed by atoms with van der Waals surface area (Å²) in [6.07, 6.45) is 1.71. The van der Waals surface area contributed by atoms with Crippen LogP contribution in [0.1, 0.15) is 19.7 Å². The third-order valence-corrected chi connectivity index (χ3v) is 3.05. The number of nitrogens with zero attached hydrogens (tertiary/aromatic N) is 5. The maximum Gasteiger partial charge on any atom is 0.163 e. The van der Waals surface area contributed by atoms with Gasteiger partial charge in [0.25, 0.3) is 0 Å². The lowest BCUT2D eigenvalue weighted by Crippen LogP contribution is -2.27. The number of hydrogen-bond donors (Lipinski definition) is 2. The van der Waals surface area contributed by atoms with Gasteiger partial charge >= 0.3 is 0 Å². The monoisotopic (exact) mass is 249 g/mol. The largest absolute Gasteiger partial charge is 0.308 e. The van der Waals surface area contributed by atoms with Crippen molar-refractivity contribution >= 4 is 16.9 Å². The number of fused-ring (bicyclic) bond motifs is 1. The molecule has 2 aromatic rings. The van der Waals surface area contributed by atoms with E-state index in [0.717, 1.165) is 16.9 Å². The van der Waals surface area contributed by atoms with Gasteiger partial charge in [-0.3, -0.25) is 9.58 Å². The molecule has 0 radical (unpaired) electrons. The van der Waals surface area contributed by atoms with Crippen LogP contribution in [-0.2, 0) is 13.6 Å². The van der Waals surface area contributed by atoms with E-state index in [9.17, 15) is 0 Å². The fraction of sp³-hybridized carbons (Fsp3) is 0.545. The lowest BCUT2D eigenvalue weighted by Gasteiger charge is -2.20. The Morgan fingerprint density at radius 2 is 2.17 bits per heavy atom. The lowest BCUT2D eigenvalue weighted by atomic mass is 10.3. The molecule has 2 heterocycles. The number of anilines is 1. The van der Waals surface area contributed by atoms with E-state index in [0.29, 0.717) is 18.4 Å². The lowest BCUT2D eigenvalue weighted by molar-refractivity contribution is 0.259. The van der Waals surface area contributed by atoms with Crippen molar-refractivity contribution in [1.29, 1.82) is 0 Å². The first-order valence-corrected chi connectivity index (χ1v) is 5.88. The van der Waals surface area contributed by atoms with Crippen molar-refractivity contribution in [2.45, 2.75) is 26.4 Å². The van der Waals surface area contributed by atoms with Crippen LogP contribution in [0.5, 0.6) is 0 Å². The summed E-state index contributed by atoms with van der Waals surface area (Å²) in [5.41, 5.74) is 3.39. The van der Waals surface area contributed by atoms with Crippen LogP contribution in [0.2, 0.25) is 0 Å². The normalized spacial score (nSPS) is 11.7. The van der Waals surface area contributed by atoms with E-state index >= 15 is 0 Å². The zero-order valence-corrected chi connectivity index (χ0v) is 11.2. The molecule has 0 amide bonds. The van der Waals surface area contributed by atoms with E-state index in [1.807, 2.05) is 14.1 Å². The summed E-state index contributed by atoms with van der Waals surface area (Å²) in [6, 6.07) is 0.435. The van der Waals surface area contributed by atoms with E-state index in [4.69, 9.17) is 5.84 Å². The first kappa shape index (κ1) is 12.7. The van der Waals surface area contributed by atoms with Crippen molar-refractivity contribution < 1.29 is 0 Å². The molecule has 7 heteroatoms. The number of aryl methyl sites for hydroxylation is 1. The highest BCUT2D eigenvalue weighted by Crippen LogP contribution is 2.19. The van der Waals surface area contributed by atoms with Crippen molar-refractivity contribution in [2.24, 2.45) is 12.9 Å². The van der Waals surface area contributed by atoms with Crippen molar-refractivity contribution in [3.8, 4) is 0 Å². The molecule has 98 valence electrons. The van der Waals surface area contributed by atoms with Crippen LogP contribution >= 0.6 is 0 Å². The number of nitrogen functional groups attached to an aromatic ring is 1. The average molecular weight is 249 g/mol. The Morgan fingerprint density at radius 1 is 1.44 bits per heavy atom. The van der Waals surface area contributed by atoms with Crippen molar-refractivity contribution in [3.63, 3.8) is 0 Å². The molecule has 2 aromatic heterocycles. The van der Waals surface area contributed by atoms with E-state index in [1.165, 1.54) is 0 Å². The van der Waals surface area contributed by atoms with Gasteiger partial charge in [-0.25, -0.2) is 15.8 Å². The zero-order valence-electron chi connectivity index (χ0n) is 11.2. The van der Waals surface area contributed by atoms with Gasteiger partial charge in [0.2, 0.25) is 0 Å². The summed E-state index contributed by atoms with van der Waals surface area (Å²) in [7, 11) is 3.89. The summed E-state index contributed by atoms with van der Waals surface area (Å²) in [5.74, 6) is 6.84. The van der Waals surface area contributed by atoms with Gasteiger partial charge in [0.05, 0.1) is 18.1 Å². The second kappa shape index (κ2) is 4.87. The van der Waals surface area contributed by atoms with Gasteiger partial charge in [-0.05, 0) is 20.9 Å². The molecule has 18 heavy (non-hydrogen) atoms. The van der Waals surface area contributed by atoms with Crippen LogP contribution in [-0.4, -0.2) is 37.7 Å². The molecule has 0 aliphatic heterocycles. The Morgan fingerprint density at radius 3 is 2.78 bits per heavy atom. The molecule has 0 atom stereocenters. The molecule has 0 saturated carbocycles. The standard InChI is InChI=1S/C11H19N7/c1-7(2)17(3)6-9-14-10(16-12)8-5-13-18(4)11(8)15-9/h5,7H,6,12H2,1-4H3,(H,14,15,16). The van der Waals surface area contributed by atoms with E-state index < -0.39 is 0 Å². The maximum absolute atomic E-state index is 5.49. The first-order valence-electron chi connectivity index (χ1n) is 5.88. The number of hydrogen-bond acceptors (Lipinski definition) is 6. The third kappa shape index (κ3) is 2.27. The minimum absolute atomic E-state index is 0.435. The molecule has 0 aromatic carbocycles. The molecule has 0 fully saturated rings. The fourth-order valence-corrected chi connectivity index (χ4v) is 1.65. The Balaban J connectivity index is 2.42. The Hall–Kier alpha value is -1.73. The molecular formula is C11H19N7. The van der Waals surface area contributed by atoms with Gasteiger partial charge in [0.15, 0.2) is 11.5 Å². The van der Waals surface area contributed by atoms with Crippen LogP contribution in [0, 0.1) is 0 Å². The Labute approximate surface area is 106 Å². The van der Waals surface area contributed by atoms with E-state index in [1.54, 1.807) is 10.9 Å². The van der Waals surface area contributed by atoms with Crippen molar-refractivity contribution in [2.75, 3.05) is 12.5 Å². The topological polar surface area (TPSA) is 84.9 Å². The van der Waals surface area contributed by atoms with Crippen LogP contribution in [0.15, 0.2) is 6.20 Å². The second-order valence-corrected chi connectivity index (χ2v) is 4.65. The SMILES string of the molecule is CC(C)N(C)Cc1nc(NN)c2cnn(C)c2n1. The van der Waals surface area contributed by atoms with Gasteiger partial charge in [-0.1, -0.05) is 0 Å². The van der Waals surface area contributed by atoms with Crippen LogP contribution in [0.25, 0.3) is 11.0 Å². The number of nitrogens with one attached hydrogen (secondary N) is 1. The summed E-state index contributed by atoms with van der Waals surface area (Å²) < 4.78 is 1.72. The molecule has 2 rings (SSSR count). The summed E-state index contributed by atoms with van der Waals surface area (Å²) in [6.45, 7) is 4.93. The van der Waals surface area contributed by atoms with Crippen molar-refractivity contribution in [1.82, 2.24) is 24.6 Å². The predicted molar refractivity (Wildman–Crippen MR) is 70.7 cm³/mol. The average Bonchev–Trinajstić information content (AvgIpc) is 2.70. The Kier molecular flexibility index (Phi) is 3.44. The van der Waals surface area contributed by atoms with Crippen molar-refractivity contribution in [3.05, 3.63) is 12.0 Å². The van der Waals surface area contributed by atoms with Crippen LogP contribution < -0.4 is 11.3 Å². The summed E-state index contributed by atoms with van der Waals surface area (Å²) >= 11 is 0. The molecule has 0 bridgehead atoms. The van der Waals surface area contributed by atoms with E-state index in [-0.39, 0.29) is 0 Å². The molecule has 3 N–H and O–H groups in total. The minimum Gasteiger partial charge on any atom is -0.308 e. The van der Waals surface area contributed by atoms with Gasteiger partial charge in [0.1, 0.15) is 5.82 Å². The summed E-state index contributed by atoms with van der Waals surface area (Å²) in [4.78, 5) is 11.1. The van der Waals surface area contributed by atoms with Gasteiger partial charge in [-0.2, -0.15) is 5.10 Å². The molecular weight excluding hydrogens is 230 g/mol. The smallest absolute Gasteiger partial charge is 0.163 e. The Bertz CT molecular complexity index is 546. The van der Waals surface area contributed by atoms with Gasteiger partial charge < -0.3 is 5.43 Å².